The number of anilines is 1. The lowest BCUT2D eigenvalue weighted by Gasteiger charge is -2.14. The van der Waals surface area contributed by atoms with Crippen molar-refractivity contribution in [3.63, 3.8) is 0 Å². The van der Waals surface area contributed by atoms with Crippen LogP contribution in [-0.4, -0.2) is 23.5 Å². The summed E-state index contributed by atoms with van der Waals surface area (Å²) in [6, 6.07) is 6.50. The van der Waals surface area contributed by atoms with E-state index in [1.807, 2.05) is 20.8 Å². The lowest BCUT2D eigenvalue weighted by molar-refractivity contribution is 0.0697. The van der Waals surface area contributed by atoms with Crippen molar-refractivity contribution in [3.8, 4) is 0 Å². The number of carbonyl (C=O) groups is 1. The molecular weight excluding hydrogens is 390 g/mol. The molecule has 0 saturated heterocycles. The number of rotatable bonds is 8. The van der Waals surface area contributed by atoms with Crippen molar-refractivity contribution < 1.29 is 9.90 Å². The molecule has 3 rings (SSSR count). The van der Waals surface area contributed by atoms with Crippen LogP contribution in [0, 0.1) is 5.92 Å². The van der Waals surface area contributed by atoms with E-state index in [1.165, 1.54) is 18.5 Å². The number of nitrogens with one attached hydrogen (secondary N) is 4. The number of aliphatic imine (C=N–C) groups is 1. The van der Waals surface area contributed by atoms with Crippen LogP contribution in [0.4, 0.5) is 5.69 Å². The van der Waals surface area contributed by atoms with Gasteiger partial charge in [-0.3, -0.25) is 0 Å². The fourth-order valence-corrected chi connectivity index (χ4v) is 2.88. The second-order valence-corrected chi connectivity index (χ2v) is 7.78. The van der Waals surface area contributed by atoms with Gasteiger partial charge in [0.05, 0.1) is 10.6 Å². The zero-order chi connectivity index (χ0) is 21.0. The summed E-state index contributed by atoms with van der Waals surface area (Å²) in [7, 11) is 0. The first-order valence-corrected chi connectivity index (χ1v) is 9.89. The summed E-state index contributed by atoms with van der Waals surface area (Å²) in [5.41, 5.74) is 10.4. The highest BCUT2D eigenvalue weighted by Gasteiger charge is 2.29. The number of allylic oxidation sites excluding steroid dienone is 4. The summed E-state index contributed by atoms with van der Waals surface area (Å²) in [5.74, 6) is 0.352. The van der Waals surface area contributed by atoms with Crippen LogP contribution < -0.4 is 21.5 Å². The van der Waals surface area contributed by atoms with Crippen molar-refractivity contribution in [2.75, 3.05) is 5.32 Å². The van der Waals surface area contributed by atoms with Gasteiger partial charge in [0.1, 0.15) is 12.0 Å². The normalized spacial score (nSPS) is 19.3. The number of hydrogen-bond acceptors (Lipinski definition) is 6. The molecule has 1 aliphatic carbocycles. The summed E-state index contributed by atoms with van der Waals surface area (Å²) in [5, 5.41) is 16.0. The molecule has 0 spiro atoms. The van der Waals surface area contributed by atoms with E-state index < -0.39 is 5.97 Å². The Morgan fingerprint density at radius 2 is 1.93 bits per heavy atom. The summed E-state index contributed by atoms with van der Waals surface area (Å²) in [6.45, 7) is 5.78. The maximum Gasteiger partial charge on any atom is 0.335 e. The summed E-state index contributed by atoms with van der Waals surface area (Å²) in [4.78, 5) is 15.4. The predicted octanol–water partition coefficient (Wildman–Crippen LogP) is 3.91. The second-order valence-electron chi connectivity index (χ2n) is 7.37. The van der Waals surface area contributed by atoms with Gasteiger partial charge in [0.25, 0.3) is 0 Å². The average molecular weight is 416 g/mol. The maximum absolute atomic E-state index is 11.0. The number of benzene rings is 1. The summed E-state index contributed by atoms with van der Waals surface area (Å²) >= 11 is 6.41. The standard InChI is InChI=1S/C21H26ClN5O2/c1-12(2)20(25-16-8-6-15(7-9-16)21(28)29)23-11-17(22)13(3)24-19-10-18(26-27-19)14-4-5-14/h6-11,14,19,24-27H,4-5H2,1-3H3,(H,28,29)/b17-13-,23-11-. The number of halogens is 1. The van der Waals surface area contributed by atoms with Crippen molar-refractivity contribution in [3.05, 3.63) is 63.7 Å². The SMILES string of the molecule is CC(C)=C(/N=C\C(Cl)=C(/C)NC1C=C(C2CC2)NN1)Nc1ccc(C(=O)O)cc1. The van der Waals surface area contributed by atoms with E-state index in [1.54, 1.807) is 30.5 Å². The van der Waals surface area contributed by atoms with Crippen LogP contribution >= 0.6 is 11.6 Å². The van der Waals surface area contributed by atoms with Gasteiger partial charge in [-0.15, -0.1) is 0 Å². The van der Waals surface area contributed by atoms with Gasteiger partial charge in [-0.25, -0.2) is 15.2 Å². The smallest absolute Gasteiger partial charge is 0.335 e. The van der Waals surface area contributed by atoms with E-state index in [2.05, 4.69) is 32.6 Å². The molecule has 8 heteroatoms. The fourth-order valence-electron chi connectivity index (χ4n) is 2.77. The van der Waals surface area contributed by atoms with Crippen molar-refractivity contribution >= 4 is 29.5 Å². The van der Waals surface area contributed by atoms with Gasteiger partial charge >= 0.3 is 5.97 Å². The number of hydrogen-bond donors (Lipinski definition) is 5. The molecule has 0 amide bonds. The Kier molecular flexibility index (Phi) is 6.61. The van der Waals surface area contributed by atoms with E-state index in [-0.39, 0.29) is 11.7 Å². The Balaban J connectivity index is 1.63. The molecule has 154 valence electrons. The van der Waals surface area contributed by atoms with Gasteiger partial charge in [-0.1, -0.05) is 11.6 Å². The quantitative estimate of drug-likeness (QED) is 0.413. The van der Waals surface area contributed by atoms with Crippen molar-refractivity contribution in [2.45, 2.75) is 39.8 Å². The van der Waals surface area contributed by atoms with Gasteiger partial charge in [0, 0.05) is 23.3 Å². The average Bonchev–Trinajstić information content (AvgIpc) is 3.44. The molecule has 1 atom stereocenters. The summed E-state index contributed by atoms with van der Waals surface area (Å²) < 4.78 is 0. The topological polar surface area (TPSA) is 97.8 Å². The van der Waals surface area contributed by atoms with Crippen LogP contribution in [0.3, 0.4) is 0 Å². The van der Waals surface area contributed by atoms with Crippen LogP contribution in [0.15, 0.2) is 63.2 Å². The Morgan fingerprint density at radius 3 is 2.52 bits per heavy atom. The van der Waals surface area contributed by atoms with E-state index in [9.17, 15) is 4.79 Å². The van der Waals surface area contributed by atoms with E-state index in [0.717, 1.165) is 17.0 Å². The molecule has 1 fully saturated rings. The number of hydrazine groups is 1. The predicted molar refractivity (Wildman–Crippen MR) is 116 cm³/mol. The minimum atomic E-state index is -0.956. The van der Waals surface area contributed by atoms with Crippen molar-refractivity contribution in [2.24, 2.45) is 10.9 Å². The Labute approximate surface area is 175 Å². The molecule has 2 aliphatic rings. The highest BCUT2D eigenvalue weighted by Crippen LogP contribution is 2.35. The minimum absolute atomic E-state index is 0.0125. The van der Waals surface area contributed by atoms with Crippen molar-refractivity contribution in [1.82, 2.24) is 16.2 Å². The van der Waals surface area contributed by atoms with E-state index in [0.29, 0.717) is 16.8 Å². The van der Waals surface area contributed by atoms with Gasteiger partial charge in [0.2, 0.25) is 0 Å². The first-order valence-electron chi connectivity index (χ1n) is 9.51. The Bertz CT molecular complexity index is 894. The zero-order valence-electron chi connectivity index (χ0n) is 16.7. The lowest BCUT2D eigenvalue weighted by Crippen LogP contribution is -2.41. The molecule has 1 unspecified atom stereocenters. The molecule has 1 saturated carbocycles. The fraction of sp³-hybridized carbons (Fsp3) is 0.333. The number of nitrogens with zero attached hydrogens (tertiary/aromatic N) is 1. The summed E-state index contributed by atoms with van der Waals surface area (Å²) in [6.07, 6.45) is 6.21. The van der Waals surface area contributed by atoms with Crippen LogP contribution in [0.1, 0.15) is 44.0 Å². The molecule has 0 radical (unpaired) electrons. The Morgan fingerprint density at radius 1 is 1.24 bits per heavy atom. The third-order valence-corrected chi connectivity index (χ3v) is 5.02. The second kappa shape index (κ2) is 9.15. The number of carboxylic acid groups (broad SMARTS) is 1. The number of carboxylic acids is 1. The largest absolute Gasteiger partial charge is 0.478 e. The zero-order valence-corrected chi connectivity index (χ0v) is 17.5. The van der Waals surface area contributed by atoms with Gasteiger partial charge in [-0.05, 0) is 75.4 Å². The minimum Gasteiger partial charge on any atom is -0.478 e. The molecule has 1 aromatic rings. The monoisotopic (exact) mass is 415 g/mol. The highest BCUT2D eigenvalue weighted by molar-refractivity contribution is 6.39. The van der Waals surface area contributed by atoms with Gasteiger partial charge < -0.3 is 21.2 Å². The Hall–Kier alpha value is -2.77. The van der Waals surface area contributed by atoms with Crippen LogP contribution in [-0.2, 0) is 0 Å². The lowest BCUT2D eigenvalue weighted by atomic mass is 10.2. The molecule has 5 N–H and O–H groups in total. The van der Waals surface area contributed by atoms with E-state index in [4.69, 9.17) is 16.7 Å². The molecular formula is C21H26ClN5O2. The molecule has 7 nitrogen and oxygen atoms in total. The van der Waals surface area contributed by atoms with Gasteiger partial charge in [-0.2, -0.15) is 0 Å². The van der Waals surface area contributed by atoms with Crippen LogP contribution in [0.5, 0.6) is 0 Å². The third-order valence-electron chi connectivity index (χ3n) is 4.64. The maximum atomic E-state index is 11.0. The molecule has 1 aliphatic heterocycles. The number of aromatic carboxylic acids is 1. The first-order chi connectivity index (χ1) is 13.8. The molecule has 29 heavy (non-hydrogen) atoms. The third kappa shape index (κ3) is 5.85. The molecule has 0 aromatic heterocycles. The molecule has 1 heterocycles. The molecule has 0 bridgehead atoms. The van der Waals surface area contributed by atoms with Crippen LogP contribution in [0.2, 0.25) is 0 Å². The van der Waals surface area contributed by atoms with Crippen molar-refractivity contribution in [1.29, 1.82) is 0 Å². The first kappa shape index (κ1) is 21.0. The highest BCUT2D eigenvalue weighted by atomic mass is 35.5. The molecule has 1 aromatic carbocycles. The van der Waals surface area contributed by atoms with Gasteiger partial charge in [0.15, 0.2) is 0 Å². The van der Waals surface area contributed by atoms with E-state index >= 15 is 0 Å². The van der Waals surface area contributed by atoms with Crippen LogP contribution in [0.25, 0.3) is 0 Å².